The lowest BCUT2D eigenvalue weighted by Gasteiger charge is -2.15. The molecule has 3 rings (SSSR count). The molecule has 3 N–H and O–H groups in total. The van der Waals surface area contributed by atoms with Gasteiger partial charge in [-0.05, 0) is 12.8 Å². The van der Waals surface area contributed by atoms with Crippen LogP contribution < -0.4 is 20.5 Å². The standard InChI is InChI=1S/C15H20N2O3/c16-11-7-13-14(20-9-19-13)8-12(11)17-15(18)10-5-3-1-2-4-6-10/h7-8,10H,1-6,9,16H2,(H,17,18). The number of anilines is 2. The van der Waals surface area contributed by atoms with Gasteiger partial charge in [-0.1, -0.05) is 25.7 Å². The maximum Gasteiger partial charge on any atom is 0.231 e. The summed E-state index contributed by atoms with van der Waals surface area (Å²) in [5, 5.41) is 2.94. The topological polar surface area (TPSA) is 73.6 Å². The quantitative estimate of drug-likeness (QED) is 0.643. The van der Waals surface area contributed by atoms with Crippen molar-refractivity contribution < 1.29 is 14.3 Å². The molecule has 0 aromatic heterocycles. The SMILES string of the molecule is Nc1cc2c(cc1NC(=O)C1CCCCCC1)OCO2. The molecule has 1 aromatic carbocycles. The van der Waals surface area contributed by atoms with E-state index in [9.17, 15) is 4.79 Å². The second kappa shape index (κ2) is 5.61. The van der Waals surface area contributed by atoms with Gasteiger partial charge in [0, 0.05) is 18.1 Å². The Balaban J connectivity index is 1.72. The van der Waals surface area contributed by atoms with Gasteiger partial charge >= 0.3 is 0 Å². The average molecular weight is 276 g/mol. The summed E-state index contributed by atoms with van der Waals surface area (Å²) in [6.07, 6.45) is 6.67. The van der Waals surface area contributed by atoms with Crippen molar-refractivity contribution >= 4 is 17.3 Å². The van der Waals surface area contributed by atoms with E-state index in [0.29, 0.717) is 22.9 Å². The van der Waals surface area contributed by atoms with Crippen molar-refractivity contribution in [1.82, 2.24) is 0 Å². The monoisotopic (exact) mass is 276 g/mol. The molecule has 1 heterocycles. The van der Waals surface area contributed by atoms with Gasteiger partial charge in [0.2, 0.25) is 12.7 Å². The van der Waals surface area contributed by atoms with Crippen molar-refractivity contribution in [2.75, 3.05) is 17.8 Å². The predicted octanol–water partition coefficient (Wildman–Crippen LogP) is 2.91. The first-order valence-corrected chi connectivity index (χ1v) is 7.24. The summed E-state index contributed by atoms with van der Waals surface area (Å²) in [5.41, 5.74) is 7.08. The van der Waals surface area contributed by atoms with Crippen LogP contribution in [-0.2, 0) is 4.79 Å². The number of hydrogen-bond acceptors (Lipinski definition) is 4. The average Bonchev–Trinajstić information content (AvgIpc) is 2.72. The number of rotatable bonds is 2. The van der Waals surface area contributed by atoms with E-state index in [1.165, 1.54) is 12.8 Å². The van der Waals surface area contributed by atoms with Gasteiger partial charge < -0.3 is 20.5 Å². The second-order valence-corrected chi connectivity index (χ2v) is 5.47. The number of carbonyl (C=O) groups excluding carboxylic acids is 1. The fraction of sp³-hybridized carbons (Fsp3) is 0.533. The zero-order valence-corrected chi connectivity index (χ0v) is 11.5. The van der Waals surface area contributed by atoms with Crippen LogP contribution in [-0.4, -0.2) is 12.7 Å². The van der Waals surface area contributed by atoms with Crippen molar-refractivity contribution in [3.63, 3.8) is 0 Å². The molecule has 1 aliphatic carbocycles. The van der Waals surface area contributed by atoms with E-state index in [1.54, 1.807) is 12.1 Å². The third-order valence-corrected chi connectivity index (χ3v) is 4.03. The summed E-state index contributed by atoms with van der Waals surface area (Å²) in [6, 6.07) is 3.44. The summed E-state index contributed by atoms with van der Waals surface area (Å²) >= 11 is 0. The summed E-state index contributed by atoms with van der Waals surface area (Å²) in [7, 11) is 0. The largest absolute Gasteiger partial charge is 0.454 e. The van der Waals surface area contributed by atoms with Gasteiger partial charge in [0.15, 0.2) is 11.5 Å². The van der Waals surface area contributed by atoms with Crippen LogP contribution in [0.4, 0.5) is 11.4 Å². The van der Waals surface area contributed by atoms with Gasteiger partial charge in [-0.25, -0.2) is 0 Å². The first kappa shape index (κ1) is 13.1. The highest BCUT2D eigenvalue weighted by atomic mass is 16.7. The van der Waals surface area contributed by atoms with Gasteiger partial charge in [0.1, 0.15) is 0 Å². The molecule has 0 atom stereocenters. The molecule has 2 aliphatic rings. The number of fused-ring (bicyclic) bond motifs is 1. The first-order chi connectivity index (χ1) is 9.74. The van der Waals surface area contributed by atoms with E-state index in [2.05, 4.69) is 5.32 Å². The molecule has 1 fully saturated rings. The Morgan fingerprint density at radius 3 is 2.45 bits per heavy atom. The zero-order valence-electron chi connectivity index (χ0n) is 11.5. The highest BCUT2D eigenvalue weighted by Crippen LogP contribution is 2.38. The predicted molar refractivity (Wildman–Crippen MR) is 76.8 cm³/mol. The molecule has 5 nitrogen and oxygen atoms in total. The number of benzene rings is 1. The Kier molecular flexibility index (Phi) is 3.67. The lowest BCUT2D eigenvalue weighted by atomic mass is 9.99. The molecule has 0 saturated heterocycles. The molecule has 1 aliphatic heterocycles. The molecule has 5 heteroatoms. The van der Waals surface area contributed by atoms with Gasteiger partial charge in [-0.3, -0.25) is 4.79 Å². The van der Waals surface area contributed by atoms with Crippen molar-refractivity contribution in [3.8, 4) is 11.5 Å². The second-order valence-electron chi connectivity index (χ2n) is 5.47. The van der Waals surface area contributed by atoms with E-state index in [0.717, 1.165) is 25.7 Å². The third-order valence-electron chi connectivity index (χ3n) is 4.03. The fourth-order valence-electron chi connectivity index (χ4n) is 2.84. The number of nitrogens with two attached hydrogens (primary N) is 1. The fourth-order valence-corrected chi connectivity index (χ4v) is 2.84. The molecular formula is C15H20N2O3. The Bertz CT molecular complexity index is 508. The Morgan fingerprint density at radius 1 is 1.10 bits per heavy atom. The zero-order chi connectivity index (χ0) is 13.9. The van der Waals surface area contributed by atoms with E-state index in [-0.39, 0.29) is 18.6 Å². The minimum absolute atomic E-state index is 0.0671. The van der Waals surface area contributed by atoms with Crippen LogP contribution >= 0.6 is 0 Å². The van der Waals surface area contributed by atoms with Crippen LogP contribution in [0.2, 0.25) is 0 Å². The van der Waals surface area contributed by atoms with Crippen LogP contribution in [0, 0.1) is 5.92 Å². The van der Waals surface area contributed by atoms with Crippen molar-refractivity contribution in [2.24, 2.45) is 5.92 Å². The van der Waals surface area contributed by atoms with Gasteiger partial charge in [0.25, 0.3) is 0 Å². The van der Waals surface area contributed by atoms with Gasteiger partial charge in [0.05, 0.1) is 11.4 Å². The summed E-state index contributed by atoms with van der Waals surface area (Å²) in [4.78, 5) is 12.3. The smallest absolute Gasteiger partial charge is 0.231 e. The number of nitrogen functional groups attached to an aromatic ring is 1. The van der Waals surface area contributed by atoms with Crippen LogP contribution in [0.1, 0.15) is 38.5 Å². The summed E-state index contributed by atoms with van der Waals surface area (Å²) in [6.45, 7) is 0.203. The van der Waals surface area contributed by atoms with Crippen molar-refractivity contribution in [3.05, 3.63) is 12.1 Å². The molecule has 0 spiro atoms. The van der Waals surface area contributed by atoms with Crippen LogP contribution in [0.25, 0.3) is 0 Å². The van der Waals surface area contributed by atoms with Crippen LogP contribution in [0.3, 0.4) is 0 Å². The number of hydrogen-bond donors (Lipinski definition) is 2. The number of carbonyl (C=O) groups is 1. The van der Waals surface area contributed by atoms with E-state index < -0.39 is 0 Å². The molecule has 0 bridgehead atoms. The van der Waals surface area contributed by atoms with E-state index >= 15 is 0 Å². The molecule has 1 aromatic rings. The molecule has 20 heavy (non-hydrogen) atoms. The Labute approximate surface area is 118 Å². The minimum Gasteiger partial charge on any atom is -0.454 e. The number of nitrogens with one attached hydrogen (secondary N) is 1. The van der Waals surface area contributed by atoms with Gasteiger partial charge in [-0.15, -0.1) is 0 Å². The van der Waals surface area contributed by atoms with Gasteiger partial charge in [-0.2, -0.15) is 0 Å². The maximum absolute atomic E-state index is 12.3. The number of ether oxygens (including phenoxy) is 2. The minimum atomic E-state index is 0.0671. The highest BCUT2D eigenvalue weighted by molar-refractivity contribution is 5.96. The molecular weight excluding hydrogens is 256 g/mol. The normalized spacial score (nSPS) is 18.6. The van der Waals surface area contributed by atoms with E-state index in [4.69, 9.17) is 15.2 Å². The highest BCUT2D eigenvalue weighted by Gasteiger charge is 2.22. The molecule has 0 unspecified atom stereocenters. The molecule has 108 valence electrons. The van der Waals surface area contributed by atoms with Crippen molar-refractivity contribution in [2.45, 2.75) is 38.5 Å². The summed E-state index contributed by atoms with van der Waals surface area (Å²) < 4.78 is 10.6. The first-order valence-electron chi connectivity index (χ1n) is 7.24. The molecule has 1 amide bonds. The third kappa shape index (κ3) is 2.66. The molecule has 1 saturated carbocycles. The Morgan fingerprint density at radius 2 is 1.75 bits per heavy atom. The van der Waals surface area contributed by atoms with Crippen LogP contribution in [0.5, 0.6) is 11.5 Å². The van der Waals surface area contributed by atoms with E-state index in [1.807, 2.05) is 0 Å². The van der Waals surface area contributed by atoms with Crippen LogP contribution in [0.15, 0.2) is 12.1 Å². The van der Waals surface area contributed by atoms with Crippen molar-refractivity contribution in [1.29, 1.82) is 0 Å². The summed E-state index contributed by atoms with van der Waals surface area (Å²) in [5.74, 6) is 1.44. The lowest BCUT2D eigenvalue weighted by molar-refractivity contribution is -0.120. The maximum atomic E-state index is 12.3. The lowest BCUT2D eigenvalue weighted by Crippen LogP contribution is -2.22. The Hall–Kier alpha value is -1.91. The molecule has 0 radical (unpaired) electrons. The number of amides is 1.